The Labute approximate surface area is 143 Å². The SMILES string of the molecule is CCCCN(C)c1nc2c(N)nc3ccccc3c2n1CC(C)C. The molecule has 0 spiro atoms. The highest BCUT2D eigenvalue weighted by Crippen LogP contribution is 2.32. The first-order valence-corrected chi connectivity index (χ1v) is 8.78. The summed E-state index contributed by atoms with van der Waals surface area (Å²) in [6.45, 7) is 8.57. The van der Waals surface area contributed by atoms with Gasteiger partial charge >= 0.3 is 0 Å². The Bertz CT molecular complexity index is 850. The molecule has 0 atom stereocenters. The molecule has 0 bridgehead atoms. The zero-order valence-corrected chi connectivity index (χ0v) is 15.1. The van der Waals surface area contributed by atoms with Crippen molar-refractivity contribution < 1.29 is 0 Å². The molecule has 1 aromatic carbocycles. The average Bonchev–Trinajstić information content (AvgIpc) is 2.92. The first-order chi connectivity index (χ1) is 11.5. The standard InChI is InChI=1S/C19H27N5/c1-5-6-11-23(4)19-22-16-17(24(19)12-13(2)3)14-9-7-8-10-15(14)21-18(16)20/h7-10,13H,5-6,11-12H2,1-4H3,(H2,20,21). The van der Waals surface area contributed by atoms with Crippen LogP contribution in [-0.4, -0.2) is 28.1 Å². The maximum absolute atomic E-state index is 6.23. The molecule has 5 heteroatoms. The topological polar surface area (TPSA) is 60.0 Å². The van der Waals surface area contributed by atoms with Gasteiger partial charge in [-0.2, -0.15) is 0 Å². The Morgan fingerprint density at radius 2 is 1.96 bits per heavy atom. The molecule has 0 amide bonds. The van der Waals surface area contributed by atoms with E-state index in [0.717, 1.165) is 47.4 Å². The Kier molecular flexibility index (Phi) is 4.60. The summed E-state index contributed by atoms with van der Waals surface area (Å²) in [6, 6.07) is 8.17. The summed E-state index contributed by atoms with van der Waals surface area (Å²) >= 11 is 0. The summed E-state index contributed by atoms with van der Waals surface area (Å²) in [5.74, 6) is 2.02. The molecular formula is C19H27N5. The molecule has 0 saturated heterocycles. The van der Waals surface area contributed by atoms with Crippen LogP contribution in [0.1, 0.15) is 33.6 Å². The fourth-order valence-corrected chi connectivity index (χ4v) is 3.17. The van der Waals surface area contributed by atoms with E-state index in [1.165, 1.54) is 6.42 Å². The van der Waals surface area contributed by atoms with Crippen molar-refractivity contribution in [2.45, 2.75) is 40.2 Å². The van der Waals surface area contributed by atoms with Gasteiger partial charge < -0.3 is 15.2 Å². The van der Waals surface area contributed by atoms with Crippen LogP contribution in [0.3, 0.4) is 0 Å². The molecule has 2 N–H and O–H groups in total. The minimum Gasteiger partial charge on any atom is -0.382 e. The number of nitrogen functional groups attached to an aromatic ring is 1. The number of rotatable bonds is 6. The zero-order valence-electron chi connectivity index (χ0n) is 15.1. The van der Waals surface area contributed by atoms with Crippen molar-refractivity contribution in [1.29, 1.82) is 0 Å². The van der Waals surface area contributed by atoms with Crippen LogP contribution in [0.5, 0.6) is 0 Å². The molecule has 24 heavy (non-hydrogen) atoms. The predicted octanol–water partition coefficient (Wildman–Crippen LogP) is 4.06. The van der Waals surface area contributed by atoms with Crippen LogP contribution in [0, 0.1) is 5.92 Å². The number of imidazole rings is 1. The van der Waals surface area contributed by atoms with Crippen LogP contribution in [-0.2, 0) is 6.54 Å². The maximum Gasteiger partial charge on any atom is 0.206 e. The van der Waals surface area contributed by atoms with E-state index in [1.807, 2.05) is 18.2 Å². The van der Waals surface area contributed by atoms with Crippen molar-refractivity contribution in [2.75, 3.05) is 24.2 Å². The summed E-state index contributed by atoms with van der Waals surface area (Å²) in [5, 5.41) is 1.12. The number of unbranched alkanes of at least 4 members (excludes halogenated alkanes) is 1. The van der Waals surface area contributed by atoms with Crippen molar-refractivity contribution in [3.63, 3.8) is 0 Å². The maximum atomic E-state index is 6.23. The Hall–Kier alpha value is -2.30. The van der Waals surface area contributed by atoms with Gasteiger partial charge in [0.25, 0.3) is 0 Å². The Balaban J connectivity index is 2.28. The number of fused-ring (bicyclic) bond motifs is 3. The number of nitrogens with two attached hydrogens (primary N) is 1. The number of benzene rings is 1. The summed E-state index contributed by atoms with van der Waals surface area (Å²) in [4.78, 5) is 11.6. The van der Waals surface area contributed by atoms with E-state index in [9.17, 15) is 0 Å². The number of anilines is 2. The Morgan fingerprint density at radius 1 is 1.21 bits per heavy atom. The smallest absolute Gasteiger partial charge is 0.206 e. The van der Waals surface area contributed by atoms with Gasteiger partial charge in [0.2, 0.25) is 5.95 Å². The lowest BCUT2D eigenvalue weighted by molar-refractivity contribution is 0.530. The third kappa shape index (κ3) is 2.90. The lowest BCUT2D eigenvalue weighted by Crippen LogP contribution is -2.23. The largest absolute Gasteiger partial charge is 0.382 e. The highest BCUT2D eigenvalue weighted by Gasteiger charge is 2.19. The lowest BCUT2D eigenvalue weighted by atomic mass is 10.1. The molecule has 0 radical (unpaired) electrons. The number of hydrogen-bond acceptors (Lipinski definition) is 4. The molecular weight excluding hydrogens is 298 g/mol. The van der Waals surface area contributed by atoms with Gasteiger partial charge in [-0.15, -0.1) is 0 Å². The fourth-order valence-electron chi connectivity index (χ4n) is 3.17. The molecule has 0 saturated carbocycles. The summed E-state index contributed by atoms with van der Waals surface area (Å²) in [6.07, 6.45) is 2.32. The third-order valence-corrected chi connectivity index (χ3v) is 4.33. The first-order valence-electron chi connectivity index (χ1n) is 8.78. The van der Waals surface area contributed by atoms with Gasteiger partial charge in [-0.25, -0.2) is 9.97 Å². The number of nitrogens with zero attached hydrogens (tertiary/aromatic N) is 4. The van der Waals surface area contributed by atoms with Gasteiger partial charge in [-0.1, -0.05) is 45.4 Å². The van der Waals surface area contributed by atoms with Crippen LogP contribution < -0.4 is 10.6 Å². The van der Waals surface area contributed by atoms with E-state index in [0.29, 0.717) is 11.7 Å². The van der Waals surface area contributed by atoms with Crippen molar-refractivity contribution in [3.8, 4) is 0 Å². The minimum absolute atomic E-state index is 0.511. The third-order valence-electron chi connectivity index (χ3n) is 4.33. The van der Waals surface area contributed by atoms with Crippen LogP contribution in [0.15, 0.2) is 24.3 Å². The van der Waals surface area contributed by atoms with Crippen LogP contribution in [0.4, 0.5) is 11.8 Å². The van der Waals surface area contributed by atoms with Gasteiger partial charge in [-0.3, -0.25) is 0 Å². The molecule has 5 nitrogen and oxygen atoms in total. The highest BCUT2D eigenvalue weighted by atomic mass is 15.3. The molecule has 128 valence electrons. The molecule has 3 aromatic rings. The van der Waals surface area contributed by atoms with E-state index in [4.69, 9.17) is 10.7 Å². The summed E-state index contributed by atoms with van der Waals surface area (Å²) in [7, 11) is 2.11. The van der Waals surface area contributed by atoms with Crippen molar-refractivity contribution in [1.82, 2.24) is 14.5 Å². The van der Waals surface area contributed by atoms with E-state index in [-0.39, 0.29) is 0 Å². The number of para-hydroxylation sites is 1. The second-order valence-electron chi connectivity index (χ2n) is 6.90. The minimum atomic E-state index is 0.511. The molecule has 2 heterocycles. The van der Waals surface area contributed by atoms with E-state index >= 15 is 0 Å². The molecule has 3 rings (SSSR count). The normalized spacial score (nSPS) is 11.7. The van der Waals surface area contributed by atoms with E-state index in [2.05, 4.69) is 48.3 Å². The van der Waals surface area contributed by atoms with Crippen LogP contribution in [0.2, 0.25) is 0 Å². The van der Waals surface area contributed by atoms with Crippen molar-refractivity contribution >= 4 is 33.7 Å². The number of hydrogen-bond donors (Lipinski definition) is 1. The monoisotopic (exact) mass is 325 g/mol. The highest BCUT2D eigenvalue weighted by molar-refractivity contribution is 6.07. The average molecular weight is 325 g/mol. The van der Waals surface area contributed by atoms with Crippen LogP contribution >= 0.6 is 0 Å². The van der Waals surface area contributed by atoms with E-state index < -0.39 is 0 Å². The lowest BCUT2D eigenvalue weighted by Gasteiger charge is -2.21. The molecule has 0 unspecified atom stereocenters. The predicted molar refractivity (Wildman–Crippen MR) is 102 cm³/mol. The zero-order chi connectivity index (χ0) is 17.3. The Morgan fingerprint density at radius 3 is 2.67 bits per heavy atom. The van der Waals surface area contributed by atoms with Crippen molar-refractivity contribution in [2.24, 2.45) is 5.92 Å². The molecule has 0 aliphatic rings. The fraction of sp³-hybridized carbons (Fsp3) is 0.474. The quantitative estimate of drug-likeness (QED) is 0.742. The van der Waals surface area contributed by atoms with Gasteiger partial charge in [0.05, 0.1) is 11.0 Å². The van der Waals surface area contributed by atoms with Crippen LogP contribution in [0.25, 0.3) is 21.9 Å². The van der Waals surface area contributed by atoms with Gasteiger partial charge in [0.15, 0.2) is 5.82 Å². The molecule has 0 aliphatic carbocycles. The van der Waals surface area contributed by atoms with Crippen molar-refractivity contribution in [3.05, 3.63) is 24.3 Å². The second-order valence-corrected chi connectivity index (χ2v) is 6.90. The van der Waals surface area contributed by atoms with Gasteiger partial charge in [-0.05, 0) is 18.4 Å². The summed E-state index contributed by atoms with van der Waals surface area (Å²) in [5.41, 5.74) is 9.07. The molecule has 0 aliphatic heterocycles. The number of pyridine rings is 1. The van der Waals surface area contributed by atoms with E-state index in [1.54, 1.807) is 0 Å². The van der Waals surface area contributed by atoms with Gasteiger partial charge in [0, 0.05) is 25.5 Å². The molecule has 2 aromatic heterocycles. The number of aromatic nitrogens is 3. The summed E-state index contributed by atoms with van der Waals surface area (Å²) < 4.78 is 2.32. The second kappa shape index (κ2) is 6.67. The van der Waals surface area contributed by atoms with Gasteiger partial charge in [0.1, 0.15) is 5.52 Å². The first kappa shape index (κ1) is 16.6. The molecule has 0 fully saturated rings.